The number of fused-ring (bicyclic) bond motifs is 5. The number of rotatable bonds is 26. The van der Waals surface area contributed by atoms with Crippen LogP contribution >= 0.6 is 104 Å². The van der Waals surface area contributed by atoms with Crippen LogP contribution in [0.1, 0.15) is 111 Å². The maximum absolute atomic E-state index is 12.5. The molecule has 16 N–H and O–H groups in total. The number of hydrogen-bond donors (Lipinski definition) is 11. The first kappa shape index (κ1) is 118. The molecule has 12 aromatic rings. The fraction of sp³-hybridized carbons (Fsp3) is 0.400. The zero-order valence-electron chi connectivity index (χ0n) is 74.7. The zero-order chi connectivity index (χ0) is 97.9. The van der Waals surface area contributed by atoms with Crippen molar-refractivity contribution >= 4 is 217 Å². The fourth-order valence-corrected chi connectivity index (χ4v) is 18.4. The number of ether oxygens (including phenoxy) is 2. The predicted molar refractivity (Wildman–Crippen MR) is 519 cm³/mol. The molecular formula is C75H99Cl9LiN27O17S5. The summed E-state index contributed by atoms with van der Waals surface area (Å²) in [5.74, 6) is 0.435. The smallest absolute Gasteiger partial charge is 0.870 e. The van der Waals surface area contributed by atoms with Crippen molar-refractivity contribution in [2.24, 2.45) is 15.9 Å². The van der Waals surface area contributed by atoms with Gasteiger partial charge in [-0.05, 0) is 171 Å². The molecule has 59 heteroatoms. The van der Waals surface area contributed by atoms with Crippen LogP contribution in [0.4, 0.5) is 11.9 Å². The standard InChI is InChI=1S/C18H22Cl2N6O3S.C14H14Cl2N6O3S.C12H18ClN5O3S.C11H16ClN5O3S.C7H7Cl2N.C7H6ClN3O.C6H13NO2S.Li.2H2O/c1-18(2,3)25-30(28,29)7-6-26-15-14(10-22-26)23-17(24-16(15)27)21-9-11-4-5-12(19)13(20)8-11;15-9-2-1-8(5-10(9)16)6-18-14-20-11-7-19-22(3-4-26(17,24)25)12(11)13(23)21-14;1-12(2,3)17-22(19,20)6-5-18-9-8(7-14-18)15-11(13)16-10(9)21-4;1-11(2,3)16-21(19,20)5-4-17-8-7(6-13-17)14-10(12)15-9(8)18;8-6-2-1-5(4-10)3-7(6)9;1-12-6-4-2-9-3-5(4)10-7(8)11-6;1-5-10(8,9)7-6(2,3)4;;;/h4-5,8,10,25H,6-7,9H2,1-3H3,(H2,21,23,24,27);1-2,5,7H,3-4,6H2,(H2,17,24,25)(H2,18,20,21,23);7,17H,5-6H2,1-4H3;6,16H,4-5H2,1-3H3,(H,14,15,18);1-3H,4,10H2;3H,2H2,1H3;5,7H,1H2,2-4H3;;2*1H2/q;;;;;;;+1;;/p-1. The Hall–Kier alpha value is -8.41. The van der Waals surface area contributed by atoms with Gasteiger partial charge < -0.3 is 36.8 Å². The number of H-pyrrole nitrogens is 3. The van der Waals surface area contributed by atoms with Crippen LogP contribution < -0.4 is 85.4 Å². The molecule has 10 heterocycles. The van der Waals surface area contributed by atoms with Gasteiger partial charge in [-0.15, -0.1) is 0 Å². The Morgan fingerprint density at radius 1 is 0.455 bits per heavy atom. The molecule has 0 saturated heterocycles. The van der Waals surface area contributed by atoms with E-state index in [0.29, 0.717) is 89.8 Å². The summed E-state index contributed by atoms with van der Waals surface area (Å²) < 4.78 is 142. The molecule has 0 spiro atoms. The Labute approximate surface area is 828 Å². The van der Waals surface area contributed by atoms with E-state index >= 15 is 0 Å². The van der Waals surface area contributed by atoms with Crippen LogP contribution in [0.15, 0.2) is 111 Å². The molecule has 13 rings (SSSR count). The normalized spacial score (nSPS) is 12.1. The van der Waals surface area contributed by atoms with Gasteiger partial charge in [0.05, 0.1) is 136 Å². The second kappa shape index (κ2) is 50.3. The van der Waals surface area contributed by atoms with E-state index in [2.05, 4.69) is 111 Å². The summed E-state index contributed by atoms with van der Waals surface area (Å²) in [6, 6.07) is 15.8. The van der Waals surface area contributed by atoms with Crippen LogP contribution in [0.2, 0.25) is 46.0 Å². The zero-order valence-corrected chi connectivity index (χ0v) is 85.6. The molecule has 134 heavy (non-hydrogen) atoms. The number of benzene rings is 3. The number of anilines is 2. The van der Waals surface area contributed by atoms with Gasteiger partial charge in [0.15, 0.2) is 16.6 Å². The van der Waals surface area contributed by atoms with Gasteiger partial charge in [0, 0.05) is 53.4 Å². The maximum atomic E-state index is 12.5. The molecule has 0 radical (unpaired) electrons. The number of nitrogens with zero attached hydrogens (tertiary/aromatic N) is 16. The van der Waals surface area contributed by atoms with E-state index in [0.717, 1.165) is 33.4 Å². The monoisotopic (exact) mass is 2130 g/mol. The number of methoxy groups -OCH3 is 2. The van der Waals surface area contributed by atoms with Crippen molar-refractivity contribution in [1.29, 1.82) is 0 Å². The minimum absolute atomic E-state index is 0. The predicted octanol–water partition coefficient (Wildman–Crippen LogP) is 6.15. The quantitative estimate of drug-likeness (QED) is 0.0214. The Kier molecular flexibility index (Phi) is 44.2. The molecule has 3 aromatic carbocycles. The van der Waals surface area contributed by atoms with Gasteiger partial charge in [0.25, 0.3) is 16.7 Å². The summed E-state index contributed by atoms with van der Waals surface area (Å²) in [6.45, 7) is 26.4. The van der Waals surface area contributed by atoms with Crippen LogP contribution in [-0.2, 0) is 102 Å². The average molecular weight is 2140 g/mol. The summed E-state index contributed by atoms with van der Waals surface area (Å²) in [5, 5.41) is 31.2. The van der Waals surface area contributed by atoms with Gasteiger partial charge in [0.1, 0.15) is 27.6 Å². The Morgan fingerprint density at radius 2 is 0.791 bits per heavy atom. The molecule has 730 valence electrons. The third-order valence-corrected chi connectivity index (χ3v) is 25.9. The fourth-order valence-electron chi connectivity index (χ4n) is 11.2. The first-order chi connectivity index (χ1) is 60.7. The summed E-state index contributed by atoms with van der Waals surface area (Å²) in [5.41, 5.74) is 8.93. The van der Waals surface area contributed by atoms with Gasteiger partial charge in [0.2, 0.25) is 89.6 Å². The van der Waals surface area contributed by atoms with Crippen LogP contribution in [0.5, 0.6) is 11.8 Å². The van der Waals surface area contributed by atoms with E-state index < -0.39 is 88.9 Å². The van der Waals surface area contributed by atoms with Crippen LogP contribution in [0.25, 0.3) is 44.1 Å². The molecule has 9 aromatic heterocycles. The second-order valence-electron chi connectivity index (χ2n) is 32.0. The van der Waals surface area contributed by atoms with Gasteiger partial charge >= 0.3 is 18.9 Å². The van der Waals surface area contributed by atoms with Crippen molar-refractivity contribution in [2.45, 2.75) is 158 Å². The number of hydrogen-bond acceptors (Lipinski definition) is 31. The van der Waals surface area contributed by atoms with Gasteiger partial charge in [-0.3, -0.25) is 53.1 Å². The average Bonchev–Trinajstić information content (AvgIpc) is 1.04. The third-order valence-electron chi connectivity index (χ3n) is 16.2. The molecule has 0 bridgehead atoms. The molecule has 0 saturated carbocycles. The summed E-state index contributed by atoms with van der Waals surface area (Å²) in [7, 11) is -14.4. The third kappa shape index (κ3) is 38.5. The number of halogens is 9. The molecule has 0 fully saturated rings. The minimum Gasteiger partial charge on any atom is -0.870 e. The number of nitrogens with two attached hydrogens (primary N) is 2. The number of sulfonamides is 5. The maximum Gasteiger partial charge on any atom is 1.00 e. The Morgan fingerprint density at radius 3 is 1.14 bits per heavy atom. The van der Waals surface area contributed by atoms with Crippen molar-refractivity contribution in [3.8, 4) is 11.8 Å². The molecule has 1 aliphatic heterocycles. The van der Waals surface area contributed by atoms with E-state index in [1.54, 1.807) is 139 Å². The topological polar surface area (TPSA) is 647 Å². The number of aliphatic imine (C=N–C) groups is 1. The van der Waals surface area contributed by atoms with Gasteiger partial charge in [-0.25, -0.2) is 91.0 Å². The molecule has 0 amide bonds. The van der Waals surface area contributed by atoms with Crippen molar-refractivity contribution < 1.29 is 81.4 Å². The van der Waals surface area contributed by atoms with Gasteiger partial charge in [-0.1, -0.05) is 94.4 Å². The summed E-state index contributed by atoms with van der Waals surface area (Å²) in [4.78, 5) is 76.7. The van der Waals surface area contributed by atoms with E-state index in [1.165, 1.54) is 50.6 Å². The SMILES string of the molecule is C=CS(=O)(=O)NC(C)(C)C.CC(C)(C)NS(=O)(=O)CCn1ncc2nc(Cl)[nH]c(=O)c21.CC(C)(C)NS(=O)(=O)CCn1ncc2nc(NCc3ccc(Cl)c(Cl)c3)[nH]c(=O)c21.COc1nc(Cl)nc2c1CN=C2.COc1nc(Cl)nc2cnn(CCS(=O)(=O)NC(C)(C)C)c12.NCc1ccc(Cl)c(Cl)c1.NS(=O)(=O)CCn1ncc2nc(NCc3ccc(Cl)c(Cl)c3)[nH]c(=O)c21.O.[Li+].[OH-]. The first-order valence-electron chi connectivity index (χ1n) is 38.4. The largest absolute Gasteiger partial charge is 1.00 e. The molecule has 0 atom stereocenters. The first-order valence-corrected chi connectivity index (χ1v) is 50.1. The van der Waals surface area contributed by atoms with Crippen LogP contribution in [-0.4, -0.2) is 208 Å². The van der Waals surface area contributed by atoms with E-state index in [1.807, 2.05) is 12.1 Å². The van der Waals surface area contributed by atoms with E-state index in [-0.39, 0.29) is 129 Å². The molecular weight excluding hydrogens is 2040 g/mol. The van der Waals surface area contributed by atoms with Crippen molar-refractivity contribution in [1.82, 2.24) is 108 Å². The van der Waals surface area contributed by atoms with Crippen LogP contribution in [0, 0.1) is 0 Å². The minimum atomic E-state index is -3.66. The number of nitrogens with one attached hydrogen (secondary N) is 9. The number of aromatic nitrogens is 18. The molecule has 44 nitrogen and oxygen atoms in total. The van der Waals surface area contributed by atoms with Gasteiger partial charge in [-0.2, -0.15) is 30.4 Å². The van der Waals surface area contributed by atoms with Crippen molar-refractivity contribution in [3.63, 3.8) is 0 Å². The Balaban J connectivity index is 0.000000336. The molecule has 0 unspecified atom stereocenters. The summed E-state index contributed by atoms with van der Waals surface area (Å²) in [6.07, 6.45) is 7.36. The second-order valence-corrected chi connectivity index (χ2v) is 44.4. The number of aromatic amines is 3. The number of primary sulfonamides is 1. The van der Waals surface area contributed by atoms with Crippen molar-refractivity contribution in [2.75, 3.05) is 47.9 Å². The van der Waals surface area contributed by atoms with Crippen LogP contribution in [0.3, 0.4) is 0 Å². The Bertz CT molecular complexity index is 6930. The molecule has 0 aliphatic carbocycles. The molecule has 1 aliphatic rings. The van der Waals surface area contributed by atoms with E-state index in [4.69, 9.17) is 125 Å². The van der Waals surface area contributed by atoms with E-state index in [9.17, 15) is 56.5 Å². The van der Waals surface area contributed by atoms with Crippen molar-refractivity contribution in [3.05, 3.63) is 196 Å². The summed E-state index contributed by atoms with van der Waals surface area (Å²) >= 11 is 52.2. The number of aryl methyl sites for hydroxylation is 4.